The van der Waals surface area contributed by atoms with Crippen LogP contribution in [0.5, 0.6) is 0 Å². The topological polar surface area (TPSA) is 34.1 Å². The van der Waals surface area contributed by atoms with Crippen LogP contribution < -0.4 is 5.32 Å². The molecule has 0 aliphatic heterocycles. The Morgan fingerprint density at radius 1 is 1.57 bits per heavy atom. The van der Waals surface area contributed by atoms with Crippen LogP contribution in [0.1, 0.15) is 18.1 Å². The smallest absolute Gasteiger partial charge is 0.0667 e. The third kappa shape index (κ3) is 3.44. The lowest BCUT2D eigenvalue weighted by Crippen LogP contribution is -2.25. The number of methoxy groups -OCH3 is 1. The molecule has 1 heterocycles. The average Bonchev–Trinajstić information content (AvgIpc) is 2.20. The van der Waals surface area contributed by atoms with Gasteiger partial charge in [-0.15, -0.1) is 0 Å². The first-order valence-electron chi connectivity index (χ1n) is 4.87. The van der Waals surface area contributed by atoms with Gasteiger partial charge in [0.2, 0.25) is 0 Å². The van der Waals surface area contributed by atoms with Crippen molar-refractivity contribution in [3.63, 3.8) is 0 Å². The van der Waals surface area contributed by atoms with Crippen molar-refractivity contribution in [1.82, 2.24) is 10.3 Å². The molecule has 1 aromatic heterocycles. The summed E-state index contributed by atoms with van der Waals surface area (Å²) in [6.45, 7) is 5.86. The molecule has 0 aromatic carbocycles. The van der Waals surface area contributed by atoms with E-state index in [1.54, 1.807) is 7.11 Å². The zero-order chi connectivity index (χ0) is 10.4. The fourth-order valence-electron chi connectivity index (χ4n) is 1.18. The van der Waals surface area contributed by atoms with Crippen molar-refractivity contribution < 1.29 is 4.74 Å². The minimum absolute atomic E-state index is 0.256. The van der Waals surface area contributed by atoms with Crippen molar-refractivity contribution >= 4 is 0 Å². The monoisotopic (exact) mass is 194 g/mol. The molecule has 1 aromatic rings. The lowest BCUT2D eigenvalue weighted by atomic mass is 10.1. The fraction of sp³-hybridized carbons (Fsp3) is 0.545. The summed E-state index contributed by atoms with van der Waals surface area (Å²) in [6, 6.07) is 2.02. The highest BCUT2D eigenvalue weighted by Crippen LogP contribution is 2.03. The van der Waals surface area contributed by atoms with Crippen LogP contribution >= 0.6 is 0 Å². The zero-order valence-corrected chi connectivity index (χ0v) is 9.08. The second-order valence-electron chi connectivity index (χ2n) is 3.48. The summed E-state index contributed by atoms with van der Waals surface area (Å²) in [5, 5.41) is 3.33. The van der Waals surface area contributed by atoms with E-state index in [0.717, 1.165) is 13.1 Å². The van der Waals surface area contributed by atoms with Gasteiger partial charge in [-0.25, -0.2) is 0 Å². The number of hydrogen-bond acceptors (Lipinski definition) is 3. The van der Waals surface area contributed by atoms with E-state index in [4.69, 9.17) is 4.74 Å². The first-order chi connectivity index (χ1) is 6.74. The Morgan fingerprint density at radius 3 is 3.00 bits per heavy atom. The maximum Gasteiger partial charge on any atom is 0.0667 e. The molecule has 0 amide bonds. The highest BCUT2D eigenvalue weighted by Gasteiger charge is 2.00. The maximum atomic E-state index is 5.14. The number of rotatable bonds is 5. The van der Waals surface area contributed by atoms with Gasteiger partial charge in [0.1, 0.15) is 0 Å². The van der Waals surface area contributed by atoms with Gasteiger partial charge in [0, 0.05) is 32.6 Å². The molecule has 1 atom stereocenters. The molecular weight excluding hydrogens is 176 g/mol. The predicted molar refractivity (Wildman–Crippen MR) is 57.2 cm³/mol. The molecule has 0 aliphatic carbocycles. The molecular formula is C11H18N2O. The van der Waals surface area contributed by atoms with E-state index in [1.165, 1.54) is 11.1 Å². The molecule has 0 bridgehead atoms. The highest BCUT2D eigenvalue weighted by molar-refractivity contribution is 5.20. The lowest BCUT2D eigenvalue weighted by molar-refractivity contribution is 0.117. The first kappa shape index (κ1) is 11.1. The van der Waals surface area contributed by atoms with Crippen LogP contribution in [0.4, 0.5) is 0 Å². The Morgan fingerprint density at radius 2 is 2.36 bits per heavy atom. The van der Waals surface area contributed by atoms with Crippen LogP contribution in [0.15, 0.2) is 18.5 Å². The van der Waals surface area contributed by atoms with Crippen molar-refractivity contribution in [3.05, 3.63) is 29.6 Å². The zero-order valence-electron chi connectivity index (χ0n) is 9.08. The summed E-state index contributed by atoms with van der Waals surface area (Å²) in [7, 11) is 1.72. The van der Waals surface area contributed by atoms with Crippen molar-refractivity contribution in [2.75, 3.05) is 13.7 Å². The summed E-state index contributed by atoms with van der Waals surface area (Å²) in [6.07, 6.45) is 3.98. The second kappa shape index (κ2) is 5.73. The number of hydrogen-bond donors (Lipinski definition) is 1. The van der Waals surface area contributed by atoms with Crippen LogP contribution in [0.25, 0.3) is 0 Å². The van der Waals surface area contributed by atoms with Gasteiger partial charge in [-0.2, -0.15) is 0 Å². The van der Waals surface area contributed by atoms with Gasteiger partial charge in [-0.1, -0.05) is 0 Å². The molecule has 0 saturated carbocycles. The molecule has 1 N–H and O–H groups in total. The number of pyridine rings is 1. The van der Waals surface area contributed by atoms with E-state index in [0.29, 0.717) is 0 Å². The van der Waals surface area contributed by atoms with Crippen LogP contribution in [-0.2, 0) is 11.3 Å². The minimum Gasteiger partial charge on any atom is -0.380 e. The molecule has 3 nitrogen and oxygen atoms in total. The number of aryl methyl sites for hydroxylation is 1. The normalized spacial score (nSPS) is 12.8. The summed E-state index contributed by atoms with van der Waals surface area (Å²) in [4.78, 5) is 4.09. The molecule has 0 saturated heterocycles. The Labute approximate surface area is 85.5 Å². The van der Waals surface area contributed by atoms with Gasteiger partial charge in [-0.05, 0) is 31.0 Å². The van der Waals surface area contributed by atoms with Gasteiger partial charge in [0.15, 0.2) is 0 Å². The number of nitrogens with one attached hydrogen (secondary N) is 1. The van der Waals surface area contributed by atoms with Crippen molar-refractivity contribution in [2.24, 2.45) is 0 Å². The van der Waals surface area contributed by atoms with Gasteiger partial charge < -0.3 is 10.1 Å². The summed E-state index contributed by atoms with van der Waals surface area (Å²) >= 11 is 0. The summed E-state index contributed by atoms with van der Waals surface area (Å²) < 4.78 is 5.14. The third-order valence-electron chi connectivity index (χ3n) is 2.30. The van der Waals surface area contributed by atoms with E-state index < -0.39 is 0 Å². The molecule has 3 heteroatoms. The van der Waals surface area contributed by atoms with Crippen LogP contribution in [-0.4, -0.2) is 24.7 Å². The predicted octanol–water partition coefficient (Wildman–Crippen LogP) is 1.51. The van der Waals surface area contributed by atoms with Crippen LogP contribution in [0.3, 0.4) is 0 Å². The van der Waals surface area contributed by atoms with Gasteiger partial charge in [-0.3, -0.25) is 4.98 Å². The molecule has 0 radical (unpaired) electrons. The molecule has 1 rings (SSSR count). The van der Waals surface area contributed by atoms with E-state index >= 15 is 0 Å². The highest BCUT2D eigenvalue weighted by atomic mass is 16.5. The van der Waals surface area contributed by atoms with Crippen molar-refractivity contribution in [3.8, 4) is 0 Å². The van der Waals surface area contributed by atoms with Gasteiger partial charge in [0.05, 0.1) is 6.10 Å². The molecule has 0 aliphatic rings. The largest absolute Gasteiger partial charge is 0.380 e. The van der Waals surface area contributed by atoms with E-state index in [9.17, 15) is 0 Å². The quantitative estimate of drug-likeness (QED) is 0.771. The molecule has 1 unspecified atom stereocenters. The van der Waals surface area contributed by atoms with Crippen LogP contribution in [0.2, 0.25) is 0 Å². The minimum atomic E-state index is 0.256. The van der Waals surface area contributed by atoms with Crippen molar-refractivity contribution in [1.29, 1.82) is 0 Å². The molecule has 14 heavy (non-hydrogen) atoms. The Balaban J connectivity index is 2.35. The third-order valence-corrected chi connectivity index (χ3v) is 2.30. The number of nitrogens with zero attached hydrogens (tertiary/aromatic N) is 1. The number of ether oxygens (including phenoxy) is 1. The maximum absolute atomic E-state index is 5.14. The van der Waals surface area contributed by atoms with Crippen LogP contribution in [0, 0.1) is 6.92 Å². The first-order valence-corrected chi connectivity index (χ1v) is 4.87. The summed E-state index contributed by atoms with van der Waals surface area (Å²) in [5.41, 5.74) is 2.52. The Hall–Kier alpha value is -0.930. The van der Waals surface area contributed by atoms with Crippen molar-refractivity contribution in [2.45, 2.75) is 26.5 Å². The standard InChI is InChI=1S/C11H18N2O/c1-9-4-5-12-7-11(9)8-13-6-10(2)14-3/h4-5,7,10,13H,6,8H2,1-3H3. The van der Waals surface area contributed by atoms with Gasteiger partial charge >= 0.3 is 0 Å². The lowest BCUT2D eigenvalue weighted by Gasteiger charge is -2.11. The van der Waals surface area contributed by atoms with Gasteiger partial charge in [0.25, 0.3) is 0 Å². The van der Waals surface area contributed by atoms with E-state index in [1.807, 2.05) is 25.4 Å². The Kier molecular flexibility index (Phi) is 4.56. The van der Waals surface area contributed by atoms with E-state index in [-0.39, 0.29) is 6.10 Å². The number of aromatic nitrogens is 1. The second-order valence-corrected chi connectivity index (χ2v) is 3.48. The molecule has 0 spiro atoms. The molecule has 78 valence electrons. The van der Waals surface area contributed by atoms with E-state index in [2.05, 4.69) is 17.2 Å². The summed E-state index contributed by atoms with van der Waals surface area (Å²) in [5.74, 6) is 0. The average molecular weight is 194 g/mol. The fourth-order valence-corrected chi connectivity index (χ4v) is 1.18. The Bertz CT molecular complexity index is 276. The SMILES string of the molecule is COC(C)CNCc1cnccc1C. The molecule has 0 fully saturated rings.